The highest BCUT2D eigenvalue weighted by atomic mass is 16.7. The second-order valence-corrected chi connectivity index (χ2v) is 3.80. The van der Waals surface area contributed by atoms with Crippen LogP contribution in [0.15, 0.2) is 11.8 Å². The molecule has 2 rings (SSSR count). The van der Waals surface area contributed by atoms with Crippen molar-refractivity contribution in [3.05, 3.63) is 11.8 Å². The highest BCUT2D eigenvalue weighted by Crippen LogP contribution is 2.35. The van der Waals surface area contributed by atoms with E-state index in [9.17, 15) is 0 Å². The Balaban J connectivity index is 2.02. The summed E-state index contributed by atoms with van der Waals surface area (Å²) in [5, 5.41) is 0. The highest BCUT2D eigenvalue weighted by Gasteiger charge is 2.35. The number of ether oxygens (including phenoxy) is 2. The molecule has 0 saturated carbocycles. The zero-order valence-corrected chi connectivity index (χ0v) is 7.64. The lowest BCUT2D eigenvalue weighted by Crippen LogP contribution is -2.39. The van der Waals surface area contributed by atoms with Crippen molar-refractivity contribution in [1.29, 1.82) is 0 Å². The summed E-state index contributed by atoms with van der Waals surface area (Å²) in [6.45, 7) is 2.97. The van der Waals surface area contributed by atoms with Gasteiger partial charge in [0.25, 0.3) is 0 Å². The zero-order valence-electron chi connectivity index (χ0n) is 7.64. The predicted molar refractivity (Wildman–Crippen MR) is 46.6 cm³/mol. The van der Waals surface area contributed by atoms with E-state index in [1.165, 1.54) is 18.4 Å². The number of allylic oxidation sites excluding steroid dienone is 1. The van der Waals surface area contributed by atoms with Gasteiger partial charge in [-0.15, -0.1) is 0 Å². The molecule has 2 heterocycles. The summed E-state index contributed by atoms with van der Waals surface area (Å²) in [5.41, 5.74) is 1.33. The van der Waals surface area contributed by atoms with Crippen molar-refractivity contribution >= 4 is 0 Å². The van der Waals surface area contributed by atoms with Crippen LogP contribution in [0.4, 0.5) is 0 Å². The first-order valence-electron chi connectivity index (χ1n) is 4.78. The fourth-order valence-corrected chi connectivity index (χ4v) is 1.83. The Morgan fingerprint density at radius 2 is 2.25 bits per heavy atom. The average molecular weight is 168 g/mol. The van der Waals surface area contributed by atoms with Gasteiger partial charge in [0.2, 0.25) is 5.79 Å². The molecule has 0 amide bonds. The van der Waals surface area contributed by atoms with Crippen LogP contribution in [0.5, 0.6) is 0 Å². The van der Waals surface area contributed by atoms with Crippen LogP contribution in [0.1, 0.15) is 39.0 Å². The highest BCUT2D eigenvalue weighted by molar-refractivity contribution is 4.99. The van der Waals surface area contributed by atoms with E-state index in [-0.39, 0.29) is 5.79 Å². The normalized spacial score (nSPS) is 35.9. The Labute approximate surface area is 73.5 Å². The summed E-state index contributed by atoms with van der Waals surface area (Å²) in [5.74, 6) is -0.238. The van der Waals surface area contributed by atoms with Gasteiger partial charge in [0.1, 0.15) is 0 Å². The fraction of sp³-hybridized carbons (Fsp3) is 0.800. The van der Waals surface area contributed by atoms with Gasteiger partial charge in [-0.1, -0.05) is 0 Å². The molecule has 1 saturated heterocycles. The topological polar surface area (TPSA) is 18.5 Å². The van der Waals surface area contributed by atoms with E-state index in [1.807, 2.05) is 6.26 Å². The summed E-state index contributed by atoms with van der Waals surface area (Å²) >= 11 is 0. The molecule has 1 fully saturated rings. The third-order valence-electron chi connectivity index (χ3n) is 2.69. The Bertz CT molecular complexity index is 190. The maximum absolute atomic E-state index is 5.69. The number of hydrogen-bond donors (Lipinski definition) is 0. The van der Waals surface area contributed by atoms with Gasteiger partial charge in [-0.2, -0.15) is 0 Å². The van der Waals surface area contributed by atoms with Crippen molar-refractivity contribution in [2.45, 2.75) is 44.8 Å². The molecule has 0 aromatic carbocycles. The molecule has 1 spiro atoms. The summed E-state index contributed by atoms with van der Waals surface area (Å²) in [6.07, 6.45) is 7.53. The molecule has 68 valence electrons. The molecule has 0 bridgehead atoms. The smallest absolute Gasteiger partial charge is 0.209 e. The third kappa shape index (κ3) is 1.48. The maximum atomic E-state index is 5.69. The van der Waals surface area contributed by atoms with E-state index in [0.29, 0.717) is 0 Å². The molecule has 2 aliphatic rings. The summed E-state index contributed by atoms with van der Waals surface area (Å²) < 4.78 is 11.3. The Kier molecular flexibility index (Phi) is 2.09. The first kappa shape index (κ1) is 8.11. The maximum Gasteiger partial charge on any atom is 0.209 e. The Morgan fingerprint density at radius 1 is 1.33 bits per heavy atom. The van der Waals surface area contributed by atoms with Crippen molar-refractivity contribution in [2.24, 2.45) is 0 Å². The molecule has 2 nitrogen and oxygen atoms in total. The van der Waals surface area contributed by atoms with Crippen molar-refractivity contribution < 1.29 is 9.47 Å². The van der Waals surface area contributed by atoms with Crippen molar-refractivity contribution in [1.82, 2.24) is 0 Å². The Morgan fingerprint density at radius 3 is 2.83 bits per heavy atom. The van der Waals surface area contributed by atoms with Crippen molar-refractivity contribution in [3.8, 4) is 0 Å². The minimum absolute atomic E-state index is 0.238. The average Bonchev–Trinajstić information content (AvgIpc) is 2.13. The molecule has 0 aromatic heterocycles. The quantitative estimate of drug-likeness (QED) is 0.553. The summed E-state index contributed by atoms with van der Waals surface area (Å²) in [7, 11) is 0. The molecule has 0 radical (unpaired) electrons. The lowest BCUT2D eigenvalue weighted by molar-refractivity contribution is -0.236. The van der Waals surface area contributed by atoms with Crippen LogP contribution in [0.3, 0.4) is 0 Å². The van der Waals surface area contributed by atoms with Crippen LogP contribution in [-0.2, 0) is 9.47 Å². The summed E-state index contributed by atoms with van der Waals surface area (Å²) in [4.78, 5) is 0. The lowest BCUT2D eigenvalue weighted by atomic mass is 9.97. The fourth-order valence-electron chi connectivity index (χ4n) is 1.83. The Hall–Kier alpha value is -0.500. The van der Waals surface area contributed by atoms with Gasteiger partial charge in [-0.25, -0.2) is 0 Å². The van der Waals surface area contributed by atoms with E-state index in [2.05, 4.69) is 6.92 Å². The lowest BCUT2D eigenvalue weighted by Gasteiger charge is -2.38. The molecular formula is C10H16O2. The van der Waals surface area contributed by atoms with E-state index < -0.39 is 0 Å². The van der Waals surface area contributed by atoms with Gasteiger partial charge in [0.15, 0.2) is 0 Å². The van der Waals surface area contributed by atoms with Crippen LogP contribution >= 0.6 is 0 Å². The van der Waals surface area contributed by atoms with E-state index in [0.717, 1.165) is 25.9 Å². The molecule has 2 heteroatoms. The molecule has 0 aliphatic carbocycles. The van der Waals surface area contributed by atoms with E-state index >= 15 is 0 Å². The van der Waals surface area contributed by atoms with Gasteiger partial charge in [-0.05, 0) is 31.8 Å². The molecule has 12 heavy (non-hydrogen) atoms. The SMILES string of the molecule is CC1=COC2(CCCCO2)CC1. The van der Waals surface area contributed by atoms with Crippen LogP contribution in [-0.4, -0.2) is 12.4 Å². The molecule has 2 aliphatic heterocycles. The standard InChI is InChI=1S/C10H16O2/c1-9-4-6-10(12-8-9)5-2-3-7-11-10/h8H,2-7H2,1H3. The van der Waals surface area contributed by atoms with E-state index in [1.54, 1.807) is 0 Å². The van der Waals surface area contributed by atoms with Crippen LogP contribution in [0.25, 0.3) is 0 Å². The second-order valence-electron chi connectivity index (χ2n) is 3.80. The van der Waals surface area contributed by atoms with Gasteiger partial charge in [0, 0.05) is 12.8 Å². The van der Waals surface area contributed by atoms with Gasteiger partial charge in [0.05, 0.1) is 12.9 Å². The second kappa shape index (κ2) is 3.09. The van der Waals surface area contributed by atoms with Crippen LogP contribution in [0.2, 0.25) is 0 Å². The largest absolute Gasteiger partial charge is 0.470 e. The van der Waals surface area contributed by atoms with Crippen LogP contribution in [0, 0.1) is 0 Å². The molecule has 0 N–H and O–H groups in total. The monoisotopic (exact) mass is 168 g/mol. The van der Waals surface area contributed by atoms with Gasteiger partial charge in [-0.3, -0.25) is 0 Å². The first-order chi connectivity index (χ1) is 5.81. The van der Waals surface area contributed by atoms with Crippen molar-refractivity contribution in [3.63, 3.8) is 0 Å². The number of rotatable bonds is 0. The molecular weight excluding hydrogens is 152 g/mol. The minimum atomic E-state index is -0.238. The molecule has 0 aromatic rings. The third-order valence-corrected chi connectivity index (χ3v) is 2.69. The van der Waals surface area contributed by atoms with E-state index in [4.69, 9.17) is 9.47 Å². The minimum Gasteiger partial charge on any atom is -0.470 e. The van der Waals surface area contributed by atoms with Crippen LogP contribution < -0.4 is 0 Å². The molecule has 1 unspecified atom stereocenters. The van der Waals surface area contributed by atoms with Gasteiger partial charge >= 0.3 is 0 Å². The first-order valence-corrected chi connectivity index (χ1v) is 4.78. The predicted octanol–water partition coefficient (Wildman–Crippen LogP) is 2.60. The zero-order chi connectivity index (χ0) is 8.44. The number of hydrogen-bond acceptors (Lipinski definition) is 2. The summed E-state index contributed by atoms with van der Waals surface area (Å²) in [6, 6.07) is 0. The van der Waals surface area contributed by atoms with Crippen molar-refractivity contribution in [2.75, 3.05) is 6.61 Å². The molecule has 1 atom stereocenters. The van der Waals surface area contributed by atoms with Gasteiger partial charge < -0.3 is 9.47 Å².